The standard InChI is InChI=1S/C16H25ClN2O/c1-3-5-9-14(7-4-2)18-12-16(20)19-15-10-6-8-13(17)11-15/h6,8,10-11,14,18H,3-5,7,9,12H2,1-2H3,(H,19,20). The summed E-state index contributed by atoms with van der Waals surface area (Å²) in [5, 5.41) is 6.82. The SMILES string of the molecule is CCCCC(CCC)NCC(=O)Nc1cccc(Cl)c1. The second-order valence-electron chi connectivity index (χ2n) is 5.07. The third-order valence-electron chi connectivity index (χ3n) is 3.20. The number of carbonyl (C=O) groups excluding carboxylic acids is 1. The predicted molar refractivity (Wildman–Crippen MR) is 86.3 cm³/mol. The number of amides is 1. The minimum atomic E-state index is -0.0233. The molecule has 112 valence electrons. The van der Waals surface area contributed by atoms with Gasteiger partial charge in [-0.25, -0.2) is 0 Å². The van der Waals surface area contributed by atoms with E-state index in [9.17, 15) is 4.79 Å². The average molecular weight is 297 g/mol. The van der Waals surface area contributed by atoms with E-state index in [1.54, 1.807) is 12.1 Å². The van der Waals surface area contributed by atoms with Crippen LogP contribution in [0.25, 0.3) is 0 Å². The minimum absolute atomic E-state index is 0.0233. The van der Waals surface area contributed by atoms with E-state index in [-0.39, 0.29) is 5.91 Å². The van der Waals surface area contributed by atoms with E-state index < -0.39 is 0 Å². The Morgan fingerprint density at radius 1 is 1.25 bits per heavy atom. The number of rotatable bonds is 9. The van der Waals surface area contributed by atoms with Crippen LogP contribution in [0.15, 0.2) is 24.3 Å². The topological polar surface area (TPSA) is 41.1 Å². The van der Waals surface area contributed by atoms with Crippen LogP contribution in [0.2, 0.25) is 5.02 Å². The Bertz CT molecular complexity index is 409. The van der Waals surface area contributed by atoms with E-state index in [2.05, 4.69) is 24.5 Å². The van der Waals surface area contributed by atoms with Crippen molar-refractivity contribution in [2.24, 2.45) is 0 Å². The minimum Gasteiger partial charge on any atom is -0.325 e. The van der Waals surface area contributed by atoms with Crippen molar-refractivity contribution in [2.45, 2.75) is 52.0 Å². The second kappa shape index (κ2) is 9.78. The van der Waals surface area contributed by atoms with Gasteiger partial charge in [-0.15, -0.1) is 0 Å². The van der Waals surface area contributed by atoms with Crippen molar-refractivity contribution >= 4 is 23.2 Å². The zero-order chi connectivity index (χ0) is 14.8. The van der Waals surface area contributed by atoms with Crippen molar-refractivity contribution in [3.8, 4) is 0 Å². The molecule has 0 radical (unpaired) electrons. The van der Waals surface area contributed by atoms with Crippen LogP contribution in [0, 0.1) is 0 Å². The van der Waals surface area contributed by atoms with Gasteiger partial charge >= 0.3 is 0 Å². The zero-order valence-electron chi connectivity index (χ0n) is 12.4. The van der Waals surface area contributed by atoms with Gasteiger partial charge in [-0.1, -0.05) is 50.8 Å². The highest BCUT2D eigenvalue weighted by Gasteiger charge is 2.09. The molecule has 1 aromatic carbocycles. The molecule has 1 amide bonds. The lowest BCUT2D eigenvalue weighted by atomic mass is 10.1. The zero-order valence-corrected chi connectivity index (χ0v) is 13.2. The van der Waals surface area contributed by atoms with Gasteiger partial charge in [-0.05, 0) is 31.0 Å². The molecule has 1 unspecified atom stereocenters. The third kappa shape index (κ3) is 6.92. The Balaban J connectivity index is 2.37. The Morgan fingerprint density at radius 3 is 2.70 bits per heavy atom. The fourth-order valence-electron chi connectivity index (χ4n) is 2.16. The van der Waals surface area contributed by atoms with E-state index in [4.69, 9.17) is 11.6 Å². The van der Waals surface area contributed by atoms with E-state index in [0.717, 1.165) is 24.9 Å². The van der Waals surface area contributed by atoms with Gasteiger partial charge in [0.15, 0.2) is 0 Å². The molecule has 0 heterocycles. The molecule has 1 atom stereocenters. The molecule has 1 rings (SSSR count). The van der Waals surface area contributed by atoms with Crippen LogP contribution < -0.4 is 10.6 Å². The first-order valence-electron chi connectivity index (χ1n) is 7.44. The van der Waals surface area contributed by atoms with Crippen LogP contribution in [0.1, 0.15) is 46.0 Å². The number of hydrogen-bond acceptors (Lipinski definition) is 2. The van der Waals surface area contributed by atoms with Crippen LogP contribution >= 0.6 is 11.6 Å². The number of benzene rings is 1. The molecular weight excluding hydrogens is 272 g/mol. The summed E-state index contributed by atoms with van der Waals surface area (Å²) in [6.45, 7) is 4.71. The number of anilines is 1. The Hall–Kier alpha value is -1.06. The quantitative estimate of drug-likeness (QED) is 0.716. The predicted octanol–water partition coefficient (Wildman–Crippen LogP) is 4.23. The molecule has 1 aromatic rings. The van der Waals surface area contributed by atoms with Crippen LogP contribution in [0.4, 0.5) is 5.69 Å². The van der Waals surface area contributed by atoms with E-state index in [0.29, 0.717) is 17.6 Å². The molecule has 0 aliphatic rings. The van der Waals surface area contributed by atoms with E-state index >= 15 is 0 Å². The molecule has 0 saturated carbocycles. The largest absolute Gasteiger partial charge is 0.325 e. The first kappa shape index (κ1) is 17.0. The summed E-state index contributed by atoms with van der Waals surface area (Å²) in [6, 6.07) is 7.64. The molecule has 0 aliphatic carbocycles. The third-order valence-corrected chi connectivity index (χ3v) is 3.44. The number of carbonyl (C=O) groups is 1. The van der Waals surface area contributed by atoms with Crippen LogP contribution in [0.5, 0.6) is 0 Å². The molecule has 0 fully saturated rings. The maximum atomic E-state index is 11.9. The van der Waals surface area contributed by atoms with Gasteiger partial charge in [0, 0.05) is 16.8 Å². The number of unbranched alkanes of at least 4 members (excludes halogenated alkanes) is 1. The monoisotopic (exact) mass is 296 g/mol. The summed E-state index contributed by atoms with van der Waals surface area (Å²) < 4.78 is 0. The van der Waals surface area contributed by atoms with Gasteiger partial charge in [-0.3, -0.25) is 4.79 Å². The lowest BCUT2D eigenvalue weighted by Gasteiger charge is -2.17. The number of hydrogen-bond donors (Lipinski definition) is 2. The lowest BCUT2D eigenvalue weighted by molar-refractivity contribution is -0.115. The fourth-order valence-corrected chi connectivity index (χ4v) is 2.35. The van der Waals surface area contributed by atoms with Crippen molar-refractivity contribution < 1.29 is 4.79 Å². The maximum Gasteiger partial charge on any atom is 0.238 e. The van der Waals surface area contributed by atoms with Crippen LogP contribution in [0.3, 0.4) is 0 Å². The number of halogens is 1. The highest BCUT2D eigenvalue weighted by Crippen LogP contribution is 2.14. The molecular formula is C16H25ClN2O. The Morgan fingerprint density at radius 2 is 2.05 bits per heavy atom. The summed E-state index contributed by atoms with van der Waals surface area (Å²) in [4.78, 5) is 11.9. The van der Waals surface area contributed by atoms with Gasteiger partial charge in [0.05, 0.1) is 6.54 Å². The van der Waals surface area contributed by atoms with E-state index in [1.807, 2.05) is 12.1 Å². The summed E-state index contributed by atoms with van der Waals surface area (Å²) >= 11 is 5.89. The number of nitrogens with one attached hydrogen (secondary N) is 2. The average Bonchev–Trinajstić information content (AvgIpc) is 2.42. The summed E-state index contributed by atoms with van der Waals surface area (Å²) in [5.41, 5.74) is 0.741. The normalized spacial score (nSPS) is 12.2. The van der Waals surface area contributed by atoms with Gasteiger partial charge in [0.1, 0.15) is 0 Å². The first-order valence-corrected chi connectivity index (χ1v) is 7.82. The Labute approximate surface area is 127 Å². The van der Waals surface area contributed by atoms with Crippen molar-refractivity contribution in [1.82, 2.24) is 5.32 Å². The van der Waals surface area contributed by atoms with Crippen molar-refractivity contribution in [3.63, 3.8) is 0 Å². The summed E-state index contributed by atoms with van der Waals surface area (Å²) in [7, 11) is 0. The maximum absolute atomic E-state index is 11.9. The lowest BCUT2D eigenvalue weighted by Crippen LogP contribution is -2.36. The summed E-state index contributed by atoms with van der Waals surface area (Å²) in [6.07, 6.45) is 5.78. The van der Waals surface area contributed by atoms with Gasteiger partial charge < -0.3 is 10.6 Å². The van der Waals surface area contributed by atoms with Crippen molar-refractivity contribution in [2.75, 3.05) is 11.9 Å². The molecule has 2 N–H and O–H groups in total. The molecule has 0 spiro atoms. The highest BCUT2D eigenvalue weighted by molar-refractivity contribution is 6.30. The Kier molecular flexibility index (Phi) is 8.31. The molecule has 0 aromatic heterocycles. The molecule has 4 heteroatoms. The molecule has 20 heavy (non-hydrogen) atoms. The van der Waals surface area contributed by atoms with Gasteiger partial charge in [-0.2, -0.15) is 0 Å². The summed E-state index contributed by atoms with van der Waals surface area (Å²) in [5.74, 6) is -0.0233. The smallest absolute Gasteiger partial charge is 0.238 e. The molecule has 0 bridgehead atoms. The highest BCUT2D eigenvalue weighted by atomic mass is 35.5. The molecule has 0 aliphatic heterocycles. The second-order valence-corrected chi connectivity index (χ2v) is 5.50. The van der Waals surface area contributed by atoms with Gasteiger partial charge in [0.2, 0.25) is 5.91 Å². The van der Waals surface area contributed by atoms with Crippen LogP contribution in [-0.4, -0.2) is 18.5 Å². The fraction of sp³-hybridized carbons (Fsp3) is 0.562. The molecule has 3 nitrogen and oxygen atoms in total. The first-order chi connectivity index (χ1) is 9.65. The van der Waals surface area contributed by atoms with Crippen molar-refractivity contribution in [1.29, 1.82) is 0 Å². The van der Waals surface area contributed by atoms with E-state index in [1.165, 1.54) is 12.8 Å². The molecule has 0 saturated heterocycles. The van der Waals surface area contributed by atoms with Crippen molar-refractivity contribution in [3.05, 3.63) is 29.3 Å². The van der Waals surface area contributed by atoms with Gasteiger partial charge in [0.25, 0.3) is 0 Å². The van der Waals surface area contributed by atoms with Crippen LogP contribution in [-0.2, 0) is 4.79 Å².